The standard InChI is InChI=1S/C26H44N4O6S/c1-21-16-24(34-5)17-22(2)26(21)37(32,33)30-10-7-15-35-18-23(30)19-36-20-25(31)29-13-11-28(12-14-29)9-6-8-27(3)4/h16-17,23H,6-15,18-20H2,1-5H3. The number of ether oxygens (including phenoxy) is 3. The Labute approximate surface area is 222 Å². The first kappa shape index (κ1) is 29.8. The van der Waals surface area contributed by atoms with Crippen molar-refractivity contribution in [1.82, 2.24) is 19.0 Å². The van der Waals surface area contributed by atoms with E-state index in [9.17, 15) is 13.2 Å². The number of benzene rings is 1. The van der Waals surface area contributed by atoms with E-state index in [2.05, 4.69) is 23.9 Å². The Kier molecular flexibility index (Phi) is 11.2. The highest BCUT2D eigenvalue weighted by Crippen LogP contribution is 2.30. The van der Waals surface area contributed by atoms with E-state index in [1.165, 1.54) is 4.31 Å². The van der Waals surface area contributed by atoms with E-state index >= 15 is 0 Å². The number of hydrogen-bond acceptors (Lipinski definition) is 8. The summed E-state index contributed by atoms with van der Waals surface area (Å²) in [5.41, 5.74) is 1.27. The molecule has 10 nitrogen and oxygen atoms in total. The van der Waals surface area contributed by atoms with Crippen LogP contribution in [0.1, 0.15) is 24.0 Å². The number of nitrogens with zero attached hydrogens (tertiary/aromatic N) is 4. The van der Waals surface area contributed by atoms with Gasteiger partial charge in [-0.1, -0.05) is 0 Å². The topological polar surface area (TPSA) is 91.9 Å². The number of rotatable bonds is 11. The molecule has 0 spiro atoms. The fourth-order valence-electron chi connectivity index (χ4n) is 5.01. The zero-order valence-electron chi connectivity index (χ0n) is 23.1. The molecule has 11 heteroatoms. The second-order valence-electron chi connectivity index (χ2n) is 10.2. The van der Waals surface area contributed by atoms with Crippen LogP contribution in [0.15, 0.2) is 17.0 Å². The fourth-order valence-corrected chi connectivity index (χ4v) is 7.06. The fraction of sp³-hybridized carbons (Fsp3) is 0.731. The summed E-state index contributed by atoms with van der Waals surface area (Å²) in [4.78, 5) is 19.5. The van der Waals surface area contributed by atoms with Crippen LogP contribution in [0.3, 0.4) is 0 Å². The number of carbonyl (C=O) groups is 1. The SMILES string of the molecule is COc1cc(C)c(S(=O)(=O)N2CCCOCC2COCC(=O)N2CCN(CCCN(C)C)CC2)c(C)c1. The highest BCUT2D eigenvalue weighted by Gasteiger charge is 2.35. The first-order chi connectivity index (χ1) is 17.6. The Morgan fingerprint density at radius 2 is 1.78 bits per heavy atom. The summed E-state index contributed by atoms with van der Waals surface area (Å²) in [6.45, 7) is 9.85. The minimum absolute atomic E-state index is 0.0567. The van der Waals surface area contributed by atoms with Gasteiger partial charge in [-0.2, -0.15) is 4.31 Å². The van der Waals surface area contributed by atoms with Crippen molar-refractivity contribution in [3.63, 3.8) is 0 Å². The monoisotopic (exact) mass is 540 g/mol. The molecule has 2 saturated heterocycles. The molecule has 0 N–H and O–H groups in total. The molecule has 210 valence electrons. The molecule has 0 aliphatic carbocycles. The van der Waals surface area contributed by atoms with Crippen molar-refractivity contribution in [2.45, 2.75) is 37.6 Å². The van der Waals surface area contributed by atoms with Crippen LogP contribution in [0.5, 0.6) is 5.75 Å². The van der Waals surface area contributed by atoms with Gasteiger partial charge in [-0.05, 0) is 77.1 Å². The second-order valence-corrected chi connectivity index (χ2v) is 12.0. The van der Waals surface area contributed by atoms with Gasteiger partial charge in [-0.15, -0.1) is 0 Å². The van der Waals surface area contributed by atoms with Gasteiger partial charge >= 0.3 is 0 Å². The molecule has 2 heterocycles. The molecule has 2 aliphatic heterocycles. The van der Waals surface area contributed by atoms with Crippen LogP contribution in [-0.4, -0.2) is 133 Å². The average molecular weight is 541 g/mol. The normalized spacial score (nSPS) is 20.3. The molecule has 0 aromatic heterocycles. The second kappa shape index (κ2) is 13.9. The molecule has 0 radical (unpaired) electrons. The van der Waals surface area contributed by atoms with Gasteiger partial charge in [0.2, 0.25) is 15.9 Å². The summed E-state index contributed by atoms with van der Waals surface area (Å²) in [5.74, 6) is 0.569. The third kappa shape index (κ3) is 8.11. The quantitative estimate of drug-likeness (QED) is 0.414. The van der Waals surface area contributed by atoms with Crippen molar-refractivity contribution in [3.8, 4) is 5.75 Å². The number of hydrogen-bond donors (Lipinski definition) is 0. The van der Waals surface area contributed by atoms with Crippen LogP contribution in [0.4, 0.5) is 0 Å². The third-order valence-electron chi connectivity index (χ3n) is 6.96. The molecular formula is C26H44N4O6S. The van der Waals surface area contributed by atoms with Crippen molar-refractivity contribution in [2.75, 3.05) is 93.4 Å². The van der Waals surface area contributed by atoms with E-state index in [1.54, 1.807) is 33.1 Å². The predicted octanol–water partition coefficient (Wildman–Crippen LogP) is 1.20. The summed E-state index contributed by atoms with van der Waals surface area (Å²) in [6, 6.07) is 2.97. The first-order valence-electron chi connectivity index (χ1n) is 13.1. The van der Waals surface area contributed by atoms with Gasteiger partial charge in [-0.3, -0.25) is 9.69 Å². The lowest BCUT2D eigenvalue weighted by atomic mass is 10.1. The number of methoxy groups -OCH3 is 1. The summed E-state index contributed by atoms with van der Waals surface area (Å²) in [5, 5.41) is 0. The summed E-state index contributed by atoms with van der Waals surface area (Å²) < 4.78 is 45.8. The van der Waals surface area contributed by atoms with E-state index in [0.29, 0.717) is 54.4 Å². The number of amides is 1. The molecule has 1 atom stereocenters. The van der Waals surface area contributed by atoms with Crippen LogP contribution in [0, 0.1) is 13.8 Å². The minimum atomic E-state index is -3.80. The van der Waals surface area contributed by atoms with Gasteiger partial charge in [0.1, 0.15) is 12.4 Å². The molecule has 1 amide bonds. The van der Waals surface area contributed by atoms with Crippen LogP contribution in [-0.2, 0) is 24.3 Å². The lowest BCUT2D eigenvalue weighted by molar-refractivity contribution is -0.138. The molecule has 2 aliphatic rings. The summed E-state index contributed by atoms with van der Waals surface area (Å²) in [6.07, 6.45) is 1.71. The number of piperazine rings is 1. The zero-order chi connectivity index (χ0) is 27.0. The number of carbonyl (C=O) groups excluding carboxylic acids is 1. The van der Waals surface area contributed by atoms with Crippen molar-refractivity contribution < 1.29 is 27.4 Å². The van der Waals surface area contributed by atoms with Gasteiger partial charge in [-0.25, -0.2) is 8.42 Å². The van der Waals surface area contributed by atoms with E-state index in [1.807, 2.05) is 4.90 Å². The maximum Gasteiger partial charge on any atom is 0.248 e. The van der Waals surface area contributed by atoms with Crippen molar-refractivity contribution in [3.05, 3.63) is 23.3 Å². The largest absolute Gasteiger partial charge is 0.497 e. The number of sulfonamides is 1. The Balaban J connectivity index is 1.56. The van der Waals surface area contributed by atoms with Crippen molar-refractivity contribution >= 4 is 15.9 Å². The lowest BCUT2D eigenvalue weighted by Crippen LogP contribution is -2.50. The smallest absolute Gasteiger partial charge is 0.248 e. The van der Waals surface area contributed by atoms with Crippen molar-refractivity contribution in [1.29, 1.82) is 0 Å². The molecule has 0 bridgehead atoms. The van der Waals surface area contributed by atoms with Gasteiger partial charge in [0.05, 0.1) is 31.3 Å². The first-order valence-corrected chi connectivity index (χ1v) is 14.5. The van der Waals surface area contributed by atoms with Crippen LogP contribution in [0.25, 0.3) is 0 Å². The molecular weight excluding hydrogens is 496 g/mol. The molecule has 1 unspecified atom stereocenters. The van der Waals surface area contributed by atoms with Crippen LogP contribution >= 0.6 is 0 Å². The van der Waals surface area contributed by atoms with Gasteiger partial charge in [0.25, 0.3) is 0 Å². The van der Waals surface area contributed by atoms with Crippen LogP contribution < -0.4 is 4.74 Å². The van der Waals surface area contributed by atoms with Gasteiger partial charge in [0, 0.05) is 39.3 Å². The highest BCUT2D eigenvalue weighted by atomic mass is 32.2. The van der Waals surface area contributed by atoms with E-state index in [-0.39, 0.29) is 25.7 Å². The molecule has 0 saturated carbocycles. The Morgan fingerprint density at radius 1 is 1.11 bits per heavy atom. The molecule has 3 rings (SSSR count). The maximum atomic E-state index is 13.8. The van der Waals surface area contributed by atoms with Crippen LogP contribution in [0.2, 0.25) is 0 Å². The zero-order valence-corrected chi connectivity index (χ0v) is 23.9. The summed E-state index contributed by atoms with van der Waals surface area (Å²) in [7, 11) is 1.92. The van der Waals surface area contributed by atoms with Gasteiger partial charge in [0.15, 0.2) is 0 Å². The number of aryl methyl sites for hydroxylation is 2. The average Bonchev–Trinajstić information content (AvgIpc) is 3.09. The third-order valence-corrected chi connectivity index (χ3v) is 9.22. The molecule has 37 heavy (non-hydrogen) atoms. The van der Waals surface area contributed by atoms with E-state index < -0.39 is 16.1 Å². The van der Waals surface area contributed by atoms with E-state index in [0.717, 1.165) is 32.6 Å². The molecule has 1 aromatic rings. The highest BCUT2D eigenvalue weighted by molar-refractivity contribution is 7.89. The van der Waals surface area contributed by atoms with Gasteiger partial charge < -0.3 is 24.0 Å². The van der Waals surface area contributed by atoms with Crippen molar-refractivity contribution in [2.24, 2.45) is 0 Å². The minimum Gasteiger partial charge on any atom is -0.497 e. The van der Waals surface area contributed by atoms with E-state index in [4.69, 9.17) is 14.2 Å². The maximum absolute atomic E-state index is 13.8. The Morgan fingerprint density at radius 3 is 2.41 bits per heavy atom. The Bertz CT molecular complexity index is 972. The molecule has 2 fully saturated rings. The predicted molar refractivity (Wildman–Crippen MR) is 143 cm³/mol. The Hall–Kier alpha value is -1.76. The molecule has 1 aromatic carbocycles. The summed E-state index contributed by atoms with van der Waals surface area (Å²) >= 11 is 0. The lowest BCUT2D eigenvalue weighted by Gasteiger charge is -2.35.